The Morgan fingerprint density at radius 3 is 2.40 bits per heavy atom. The van der Waals surface area contributed by atoms with Gasteiger partial charge in [0.1, 0.15) is 8.42 Å². The molecule has 0 N–H and O–H groups in total. The number of hydrogen-bond acceptors (Lipinski definition) is 1. The molecule has 2 heteroatoms. The standard InChI is InChI=1S/C28H31N2/c1-18(2)24-15-26(19(3)4)20(5)27(16-24)28-25-10-9-21(23-8-7-12-29-17-23)14-22(25)11-13-30(28)6/h7-19H,1-6H3/q+1/i13D. The van der Waals surface area contributed by atoms with Gasteiger partial charge in [0.05, 0.1) is 10.9 Å². The quantitative estimate of drug-likeness (QED) is 0.341. The molecule has 0 aliphatic carbocycles. The zero-order valence-electron chi connectivity index (χ0n) is 19.8. The minimum atomic E-state index is 0.449. The molecule has 0 fully saturated rings. The molecule has 4 aromatic rings. The van der Waals surface area contributed by atoms with Crippen molar-refractivity contribution in [1.82, 2.24) is 4.98 Å². The van der Waals surface area contributed by atoms with Crippen molar-refractivity contribution in [2.45, 2.75) is 46.5 Å². The summed E-state index contributed by atoms with van der Waals surface area (Å²) in [6.07, 6.45) is 4.19. The zero-order chi connectivity index (χ0) is 22.3. The fraction of sp³-hybridized carbons (Fsp3) is 0.286. The Morgan fingerprint density at radius 2 is 1.73 bits per heavy atom. The van der Waals surface area contributed by atoms with Crippen LogP contribution in [0.15, 0.2) is 67.1 Å². The molecule has 4 rings (SSSR count). The summed E-state index contributed by atoms with van der Waals surface area (Å²) in [6, 6.07) is 17.2. The third kappa shape index (κ3) is 3.63. The van der Waals surface area contributed by atoms with Crippen LogP contribution in [0.5, 0.6) is 0 Å². The second-order valence-corrected chi connectivity index (χ2v) is 8.82. The summed E-state index contributed by atoms with van der Waals surface area (Å²) in [4.78, 5) is 4.26. The van der Waals surface area contributed by atoms with Crippen LogP contribution >= 0.6 is 0 Å². The van der Waals surface area contributed by atoms with Crippen LogP contribution in [0.25, 0.3) is 33.2 Å². The first-order valence-corrected chi connectivity index (χ1v) is 10.8. The third-order valence-corrected chi connectivity index (χ3v) is 6.06. The van der Waals surface area contributed by atoms with Crippen molar-refractivity contribution >= 4 is 10.8 Å². The van der Waals surface area contributed by atoms with E-state index in [1.165, 1.54) is 27.6 Å². The molecule has 0 spiro atoms. The van der Waals surface area contributed by atoms with Gasteiger partial charge < -0.3 is 0 Å². The molecule has 0 unspecified atom stereocenters. The molecule has 0 bridgehead atoms. The van der Waals surface area contributed by atoms with Crippen molar-refractivity contribution in [2.24, 2.45) is 7.05 Å². The topological polar surface area (TPSA) is 16.8 Å². The summed E-state index contributed by atoms with van der Waals surface area (Å²) >= 11 is 0. The summed E-state index contributed by atoms with van der Waals surface area (Å²) in [7, 11) is 2.00. The van der Waals surface area contributed by atoms with Crippen LogP contribution in [-0.4, -0.2) is 4.98 Å². The van der Waals surface area contributed by atoms with E-state index in [1.54, 1.807) is 6.20 Å². The van der Waals surface area contributed by atoms with Crippen molar-refractivity contribution in [3.63, 3.8) is 0 Å². The number of fused-ring (bicyclic) bond motifs is 1. The fourth-order valence-electron chi connectivity index (χ4n) is 4.29. The van der Waals surface area contributed by atoms with Gasteiger partial charge in [-0.05, 0) is 70.7 Å². The average Bonchev–Trinajstić information content (AvgIpc) is 2.75. The van der Waals surface area contributed by atoms with E-state index in [9.17, 15) is 0 Å². The Balaban J connectivity index is 2.03. The van der Waals surface area contributed by atoms with Gasteiger partial charge in [-0.2, -0.15) is 0 Å². The van der Waals surface area contributed by atoms with E-state index >= 15 is 0 Å². The normalized spacial score (nSPS) is 12.1. The van der Waals surface area contributed by atoms with Gasteiger partial charge in [0.25, 0.3) is 0 Å². The van der Waals surface area contributed by atoms with Crippen molar-refractivity contribution in [3.8, 4) is 22.4 Å². The molecular weight excluding hydrogens is 364 g/mol. The van der Waals surface area contributed by atoms with E-state index < -0.39 is 0 Å². The lowest BCUT2D eigenvalue weighted by atomic mass is 9.86. The van der Waals surface area contributed by atoms with E-state index in [2.05, 4.69) is 76.0 Å². The van der Waals surface area contributed by atoms with Crippen molar-refractivity contribution in [2.75, 3.05) is 0 Å². The molecule has 2 heterocycles. The number of rotatable bonds is 4. The molecule has 0 saturated carbocycles. The number of nitrogens with zero attached hydrogens (tertiary/aromatic N) is 2. The van der Waals surface area contributed by atoms with Crippen LogP contribution in [0.2, 0.25) is 0 Å². The summed E-state index contributed by atoms with van der Waals surface area (Å²) in [5, 5.41) is 2.25. The zero-order valence-corrected chi connectivity index (χ0v) is 18.8. The SMILES string of the molecule is [2H]c1cc2cc(-c3cccnc3)ccc2c(-c2cc(C(C)C)cc(C(C)C)c2C)[n+]1C. The largest absolute Gasteiger partial charge is 0.264 e. The molecule has 0 saturated heterocycles. The van der Waals surface area contributed by atoms with Crippen LogP contribution in [-0.2, 0) is 7.05 Å². The lowest BCUT2D eigenvalue weighted by Gasteiger charge is -2.18. The maximum absolute atomic E-state index is 8.66. The van der Waals surface area contributed by atoms with Gasteiger partial charge in [-0.15, -0.1) is 0 Å². The molecular formula is C28H31N2+. The molecule has 2 aromatic heterocycles. The Labute approximate surface area is 181 Å². The fourth-order valence-corrected chi connectivity index (χ4v) is 4.29. The van der Waals surface area contributed by atoms with Gasteiger partial charge in [-0.25, -0.2) is 4.57 Å². The highest BCUT2D eigenvalue weighted by molar-refractivity contribution is 5.96. The average molecular weight is 397 g/mol. The van der Waals surface area contributed by atoms with E-state index in [1.807, 2.05) is 29.9 Å². The van der Waals surface area contributed by atoms with Crippen molar-refractivity contribution < 1.29 is 5.94 Å². The van der Waals surface area contributed by atoms with Gasteiger partial charge >= 0.3 is 0 Å². The number of benzene rings is 2. The Kier molecular flexibility index (Phi) is 5.08. The highest BCUT2D eigenvalue weighted by Crippen LogP contribution is 2.36. The molecule has 2 aromatic carbocycles. The van der Waals surface area contributed by atoms with E-state index in [0.29, 0.717) is 18.0 Å². The molecule has 0 radical (unpaired) electrons. The van der Waals surface area contributed by atoms with Crippen molar-refractivity contribution in [1.29, 1.82) is 0 Å². The molecule has 0 aliphatic heterocycles. The summed E-state index contributed by atoms with van der Waals surface area (Å²) in [5.41, 5.74) is 8.59. The lowest BCUT2D eigenvalue weighted by molar-refractivity contribution is -0.659. The number of pyridine rings is 2. The van der Waals surface area contributed by atoms with Crippen LogP contribution < -0.4 is 4.57 Å². The maximum atomic E-state index is 8.66. The summed E-state index contributed by atoms with van der Waals surface area (Å²) in [6.45, 7) is 11.2. The van der Waals surface area contributed by atoms with Crippen LogP contribution in [0.1, 0.15) is 57.6 Å². The lowest BCUT2D eigenvalue weighted by Crippen LogP contribution is -2.31. The highest BCUT2D eigenvalue weighted by atomic mass is 14.9. The number of aromatic nitrogens is 2. The summed E-state index contributed by atoms with van der Waals surface area (Å²) < 4.78 is 10.7. The first-order valence-electron chi connectivity index (χ1n) is 11.3. The molecule has 0 aliphatic rings. The molecule has 30 heavy (non-hydrogen) atoms. The van der Waals surface area contributed by atoms with Gasteiger partial charge in [0, 0.05) is 24.0 Å². The molecule has 152 valence electrons. The van der Waals surface area contributed by atoms with Gasteiger partial charge in [-0.1, -0.05) is 45.9 Å². The minimum Gasteiger partial charge on any atom is -0.264 e. The first kappa shape index (κ1) is 19.0. The smallest absolute Gasteiger partial charge is 0.220 e. The Morgan fingerprint density at radius 1 is 0.933 bits per heavy atom. The summed E-state index contributed by atoms with van der Waals surface area (Å²) in [5.74, 6) is 0.898. The molecule has 0 atom stereocenters. The second-order valence-electron chi connectivity index (χ2n) is 8.82. The van der Waals surface area contributed by atoms with Crippen LogP contribution in [0.4, 0.5) is 0 Å². The predicted octanol–water partition coefficient (Wildman–Crippen LogP) is 6.95. The van der Waals surface area contributed by atoms with Crippen LogP contribution in [0, 0.1) is 6.92 Å². The Hall–Kier alpha value is -3.00. The number of hydrogen-bond donors (Lipinski definition) is 0. The van der Waals surface area contributed by atoms with Gasteiger partial charge in [-0.3, -0.25) is 4.98 Å². The third-order valence-electron chi connectivity index (χ3n) is 6.06. The predicted molar refractivity (Wildman–Crippen MR) is 127 cm³/mol. The first-order chi connectivity index (χ1) is 14.8. The molecule has 0 amide bonds. The highest BCUT2D eigenvalue weighted by Gasteiger charge is 2.21. The van der Waals surface area contributed by atoms with Crippen LogP contribution in [0.3, 0.4) is 0 Å². The monoisotopic (exact) mass is 396 g/mol. The van der Waals surface area contributed by atoms with E-state index in [0.717, 1.165) is 22.2 Å². The minimum absolute atomic E-state index is 0.449. The van der Waals surface area contributed by atoms with E-state index in [-0.39, 0.29) is 0 Å². The van der Waals surface area contributed by atoms with Gasteiger partial charge in [0.2, 0.25) is 5.69 Å². The Bertz CT molecular complexity index is 1260. The molecule has 2 nitrogen and oxygen atoms in total. The van der Waals surface area contributed by atoms with E-state index in [4.69, 9.17) is 1.37 Å². The second kappa shape index (κ2) is 8.02. The maximum Gasteiger partial charge on any atom is 0.220 e. The van der Waals surface area contributed by atoms with Crippen molar-refractivity contribution in [3.05, 3.63) is 83.8 Å². The van der Waals surface area contributed by atoms with Gasteiger partial charge in [0.15, 0.2) is 6.17 Å².